The summed E-state index contributed by atoms with van der Waals surface area (Å²) in [6.07, 6.45) is -11.3. The number of unbranched alkanes of at least 4 members (excludes halogenated alkanes) is 2. The molecule has 14 atom stereocenters. The summed E-state index contributed by atoms with van der Waals surface area (Å²) < 4.78 is 141. The molecular formula is C93H131Ac4N9O33S3. The molecule has 10 rings (SSSR count). The van der Waals surface area contributed by atoms with Gasteiger partial charge in [-0.05, 0) is 116 Å². The monoisotopic (exact) mass is 2910 g/mol. The molecule has 6 aromatic rings. The number of hydrogen-bond donors (Lipinski definition) is 9. The molecule has 0 spiro atoms. The first-order valence-corrected chi connectivity index (χ1v) is 50.2. The normalized spacial score (nSPS) is 19.0. The zero-order valence-electron chi connectivity index (χ0n) is 80.9. The number of nitro groups is 3. The number of sulfonamides is 3. The molecule has 4 saturated heterocycles. The predicted octanol–water partition coefficient (Wildman–Crippen LogP) is 8.46. The van der Waals surface area contributed by atoms with Crippen LogP contribution in [0.15, 0.2) is 178 Å². The van der Waals surface area contributed by atoms with Crippen LogP contribution in [0.1, 0.15) is 130 Å². The smallest absolute Gasteiger partial charge is 0.407 e. The fourth-order valence-electron chi connectivity index (χ4n) is 14.8. The van der Waals surface area contributed by atoms with Crippen molar-refractivity contribution in [1.29, 1.82) is 0 Å². The fraction of sp³-hybridized carbons (Fsp3) is 0.559. The Morgan fingerprint density at radius 1 is 0.430 bits per heavy atom. The van der Waals surface area contributed by atoms with Crippen LogP contribution >= 0.6 is 0 Å². The van der Waals surface area contributed by atoms with Crippen LogP contribution in [0.5, 0.6) is 0 Å². The van der Waals surface area contributed by atoms with Gasteiger partial charge in [0.05, 0.1) is 113 Å². The Bertz CT molecular complexity index is 5100. The number of aliphatic hydroxyl groups is 6. The quantitative estimate of drug-likeness (QED) is 0.00568. The summed E-state index contributed by atoms with van der Waals surface area (Å²) in [4.78, 5) is 96.3. The summed E-state index contributed by atoms with van der Waals surface area (Å²) in [5, 5.41) is 102. The van der Waals surface area contributed by atoms with Gasteiger partial charge in [0.25, 0.3) is 17.1 Å². The number of carbonyl (C=O) groups is 5. The number of nitro benzene ring substituents is 3. The molecule has 42 nitrogen and oxygen atoms in total. The van der Waals surface area contributed by atoms with E-state index in [1.807, 2.05) is 102 Å². The van der Waals surface area contributed by atoms with Crippen LogP contribution in [0.3, 0.4) is 0 Å². The second-order valence-corrected chi connectivity index (χ2v) is 40.0. The van der Waals surface area contributed by atoms with Crippen molar-refractivity contribution < 1.29 is 318 Å². The number of nitrogens with zero attached hydrogens (tertiary/aromatic N) is 6. The number of benzene rings is 6. The van der Waals surface area contributed by atoms with Gasteiger partial charge in [0.15, 0.2) is 6.29 Å². The summed E-state index contributed by atoms with van der Waals surface area (Å²) in [5.41, 5.74) is 1.61. The van der Waals surface area contributed by atoms with E-state index in [-0.39, 0.29) is 336 Å². The van der Waals surface area contributed by atoms with E-state index in [0.29, 0.717) is 58.5 Å². The van der Waals surface area contributed by atoms with Crippen molar-refractivity contribution in [2.45, 2.75) is 233 Å². The Kier molecular flexibility index (Phi) is 63.1. The van der Waals surface area contributed by atoms with Crippen molar-refractivity contribution in [2.24, 2.45) is 17.8 Å². The number of carbonyl (C=O) groups excluding carboxylic acids is 5. The largest absolute Gasteiger partial charge is 0.459 e. The van der Waals surface area contributed by atoms with Gasteiger partial charge in [0, 0.05) is 284 Å². The SMILES string of the molecule is CC.CC(C)CN(C[C@@H](O)[C@H](Cc1ccccc1)NC(=O)O[C@H]1CCOC1)S(=O)(=O)c1ccc([N+](=O)[O-])cc1.CC(C)CN(C[C@@H](OC(=O)CCCCO)[C@H](Cc1ccccc1)NC(=O)O[C@H]1CCOC1)S(=O)(=O)c1ccc([N+](=O)[O-])cc1.CC(C)CN(C[C@@H](OC(=O)CCCCO[C@@H]1OC(CO)[C@@H](O)[C@H](O)C1O)[C@H](Cc1ccccc1)NC(=O)O[C@H]1CCOC1)S(=O)(=O)c1ccc([N+](=O)[O-])cc1.[Ac].[Ac].[Ac].[Ac]. The summed E-state index contributed by atoms with van der Waals surface area (Å²) >= 11 is 0. The molecule has 2 unspecified atom stereocenters. The molecule has 0 aromatic heterocycles. The molecule has 4 fully saturated rings. The average molecular weight is 2910 g/mol. The third-order valence-corrected chi connectivity index (χ3v) is 27.4. The van der Waals surface area contributed by atoms with Gasteiger partial charge in [-0.1, -0.05) is 146 Å². The predicted molar refractivity (Wildman–Crippen MR) is 500 cm³/mol. The maximum Gasteiger partial charge on any atom is 0.407 e. The van der Waals surface area contributed by atoms with Crippen molar-refractivity contribution >= 4 is 77.4 Å². The Hall–Kier alpha value is -4.67. The molecule has 3 amide bonds. The fourth-order valence-corrected chi connectivity index (χ4v) is 19.7. The second-order valence-electron chi connectivity index (χ2n) is 34.2. The van der Waals surface area contributed by atoms with Crippen LogP contribution in [0.2, 0.25) is 0 Å². The number of amides is 3. The molecule has 49 heteroatoms. The van der Waals surface area contributed by atoms with Crippen molar-refractivity contribution in [3.05, 3.63) is 211 Å². The number of ether oxygens (including phenoxy) is 10. The number of non-ortho nitro benzene ring substituents is 3. The molecule has 776 valence electrons. The third kappa shape index (κ3) is 44.9. The van der Waals surface area contributed by atoms with Crippen molar-refractivity contribution in [3.8, 4) is 0 Å². The standard InChI is InChI=1S/C36H51N3O15S.C30H41N3O10S.C25H33N3O8S.C2H6.4Ac/c1-23(2)19-38(55(48,49)27-13-11-25(12-14-27)39(46)47)20-29(28(18-24-8-4-3-5-9-24)37-36(45)52-26-15-17-50-22-26)53-31(41)10-6-7-16-51-35-34(44)33(43)32(42)30(21-40)54-35;1-22(2)19-32(44(39,40)26-13-11-24(12-14-26)33(37)38)20-28(43-29(35)10-6-7-16-34)27(18-23-8-4-3-5-9-23)31-30(36)42-25-15-17-41-21-25;1-18(2)15-27(37(33,34)22-10-8-20(9-11-22)28(31)32)16-24(29)23(14-19-6-4-3-5-7-19)26-25(30)36-21-12-13-35-17-21;1-2;;;;/h3-5,8-9,11-14,23,26,28-30,32-35,40,42-44H,6-7,10,15-22H2,1-2H3,(H,37,45);3-5,8-9,11-14,22,25,27-28,34H,6-7,10,15-21H2,1-2H3,(H,31,36);3-11,18,21,23-24,29H,12-17H2,1-2H3,(H,26,30);1-2H3;;;;/t26-,28-,29+,30?,32+,33-,34?,35+;25-,27-,28+;21-,23-,24+;;;;;/m000...../s1. The maximum absolute atomic E-state index is 14.1. The Balaban J connectivity index is 0.000000545. The third-order valence-electron chi connectivity index (χ3n) is 21.8. The van der Waals surface area contributed by atoms with E-state index in [4.69, 9.17) is 52.5 Å². The topological polar surface area (TPSA) is 577 Å². The summed E-state index contributed by atoms with van der Waals surface area (Å²) in [6, 6.07) is 38.2. The molecule has 142 heavy (non-hydrogen) atoms. The van der Waals surface area contributed by atoms with E-state index in [1.165, 1.54) is 16.4 Å². The molecule has 6 aromatic carbocycles. The number of esters is 2. The molecule has 0 bridgehead atoms. The first-order valence-electron chi connectivity index (χ1n) is 45.8. The van der Waals surface area contributed by atoms with E-state index in [0.717, 1.165) is 86.0 Å². The van der Waals surface area contributed by atoms with Gasteiger partial charge in [-0.15, -0.1) is 0 Å². The molecule has 0 aliphatic carbocycles. The van der Waals surface area contributed by atoms with Crippen LogP contribution in [-0.2, 0) is 106 Å². The summed E-state index contributed by atoms with van der Waals surface area (Å²) in [6.45, 7) is 15.4. The van der Waals surface area contributed by atoms with Crippen molar-refractivity contribution in [1.82, 2.24) is 28.9 Å². The zero-order valence-corrected chi connectivity index (χ0v) is 102. The van der Waals surface area contributed by atoms with Crippen LogP contribution in [0.25, 0.3) is 0 Å². The molecule has 4 radical (unpaired) electrons. The molecule has 9 N–H and O–H groups in total. The first kappa shape index (κ1) is 131. The van der Waals surface area contributed by atoms with Gasteiger partial charge < -0.3 is 94.0 Å². The van der Waals surface area contributed by atoms with E-state index in [9.17, 15) is 105 Å². The number of nitrogens with one attached hydrogen (secondary N) is 3. The number of hydrogen-bond acceptors (Lipinski definition) is 33. The first-order chi connectivity index (χ1) is 65.7. The zero-order chi connectivity index (χ0) is 101. The van der Waals surface area contributed by atoms with E-state index >= 15 is 0 Å². The van der Waals surface area contributed by atoms with Crippen LogP contribution < -0.4 is 16.0 Å². The van der Waals surface area contributed by atoms with Crippen LogP contribution in [-0.4, -0.2) is 298 Å². The van der Waals surface area contributed by atoms with E-state index in [2.05, 4.69) is 16.0 Å². The van der Waals surface area contributed by atoms with Gasteiger partial charge in [0.1, 0.15) is 54.9 Å². The molecule has 4 aliphatic rings. The average Bonchev–Trinajstić information content (AvgIpc) is 0.976. The minimum Gasteiger partial charge on any atom is -0.459 e. The van der Waals surface area contributed by atoms with E-state index < -0.39 is 168 Å². The summed E-state index contributed by atoms with van der Waals surface area (Å²) in [5.74, 6) is -1.75. The Labute approximate surface area is 972 Å². The number of rotatable bonds is 49. The van der Waals surface area contributed by atoms with Gasteiger partial charge in [-0.2, -0.15) is 12.9 Å². The summed E-state index contributed by atoms with van der Waals surface area (Å²) in [7, 11) is -12.6. The molecule has 0 saturated carbocycles. The molecular weight excluding hydrogens is 2780 g/mol. The minimum atomic E-state index is -4.31. The van der Waals surface area contributed by atoms with Crippen LogP contribution in [0, 0.1) is 224 Å². The Morgan fingerprint density at radius 2 is 0.739 bits per heavy atom. The molecule has 4 aliphatic heterocycles. The number of alkyl carbamates (subject to hydrolysis) is 3. The van der Waals surface area contributed by atoms with Crippen molar-refractivity contribution in [3.63, 3.8) is 0 Å². The second kappa shape index (κ2) is 68.2. The number of aliphatic hydroxyl groups excluding tert-OH is 6. The van der Waals surface area contributed by atoms with Gasteiger partial charge in [-0.25, -0.2) is 39.6 Å². The molecule has 4 heterocycles. The van der Waals surface area contributed by atoms with E-state index in [1.54, 1.807) is 44.2 Å². The minimum absolute atomic E-state index is 0. The Morgan fingerprint density at radius 3 is 1.04 bits per heavy atom. The van der Waals surface area contributed by atoms with Crippen LogP contribution in [0.4, 0.5) is 31.4 Å². The maximum atomic E-state index is 14.1. The van der Waals surface area contributed by atoms with Gasteiger partial charge >= 0.3 is 30.2 Å². The van der Waals surface area contributed by atoms with Crippen molar-refractivity contribution in [2.75, 3.05) is 98.7 Å². The van der Waals surface area contributed by atoms with Gasteiger partial charge in [0.2, 0.25) is 30.1 Å². The van der Waals surface area contributed by atoms with Gasteiger partial charge in [-0.3, -0.25) is 39.9 Å².